The molecule has 3 heteroatoms. The van der Waals surface area contributed by atoms with E-state index in [1.54, 1.807) is 0 Å². The summed E-state index contributed by atoms with van der Waals surface area (Å²) < 4.78 is 11.9. The Labute approximate surface area is 82.9 Å². The standard InChI is InChI=1S/C10H19NOS/c1-7-6-11-10(8(2)13(7)12)9-4-3-5-9/h7-11H,3-6H2,1-2H3. The second-order valence-corrected chi connectivity index (χ2v) is 6.67. The highest BCUT2D eigenvalue weighted by molar-refractivity contribution is 7.86. The second-order valence-electron chi connectivity index (χ2n) is 4.47. The van der Waals surface area contributed by atoms with Gasteiger partial charge in [0.1, 0.15) is 0 Å². The van der Waals surface area contributed by atoms with Gasteiger partial charge in [-0.1, -0.05) is 6.42 Å². The summed E-state index contributed by atoms with van der Waals surface area (Å²) in [6.45, 7) is 5.16. The van der Waals surface area contributed by atoms with Crippen molar-refractivity contribution >= 4 is 10.8 Å². The molecular formula is C10H19NOS. The highest BCUT2D eigenvalue weighted by atomic mass is 32.2. The second kappa shape index (κ2) is 3.70. The van der Waals surface area contributed by atoms with Crippen LogP contribution in [0.2, 0.25) is 0 Å². The summed E-state index contributed by atoms with van der Waals surface area (Å²) in [7, 11) is -0.611. The molecule has 1 saturated carbocycles. The Bertz CT molecular complexity index is 215. The highest BCUT2D eigenvalue weighted by Crippen LogP contribution is 2.33. The van der Waals surface area contributed by atoms with Crippen LogP contribution in [0.15, 0.2) is 0 Å². The third-order valence-electron chi connectivity index (χ3n) is 3.57. The van der Waals surface area contributed by atoms with Gasteiger partial charge in [0, 0.05) is 33.9 Å². The molecule has 1 N–H and O–H groups in total. The molecule has 13 heavy (non-hydrogen) atoms. The van der Waals surface area contributed by atoms with Crippen LogP contribution in [0, 0.1) is 5.92 Å². The number of hydrogen-bond donors (Lipinski definition) is 1. The van der Waals surface area contributed by atoms with Crippen molar-refractivity contribution in [1.29, 1.82) is 0 Å². The van der Waals surface area contributed by atoms with Crippen LogP contribution in [0.1, 0.15) is 33.1 Å². The predicted octanol–water partition coefficient (Wildman–Crippen LogP) is 1.28. The van der Waals surface area contributed by atoms with Gasteiger partial charge in [-0.05, 0) is 32.6 Å². The summed E-state index contributed by atoms with van der Waals surface area (Å²) in [6.07, 6.45) is 4.05. The van der Waals surface area contributed by atoms with Gasteiger partial charge in [-0.15, -0.1) is 0 Å². The smallest absolute Gasteiger partial charge is 0.0478 e. The van der Waals surface area contributed by atoms with Gasteiger partial charge < -0.3 is 5.32 Å². The SMILES string of the molecule is CC1CNC(C2CCC2)C(C)S1=O. The van der Waals surface area contributed by atoms with Crippen molar-refractivity contribution < 1.29 is 4.21 Å². The molecule has 0 radical (unpaired) electrons. The molecule has 2 rings (SSSR count). The molecule has 2 fully saturated rings. The minimum absolute atomic E-state index is 0.339. The maximum Gasteiger partial charge on any atom is 0.0478 e. The van der Waals surface area contributed by atoms with E-state index in [0.717, 1.165) is 12.5 Å². The van der Waals surface area contributed by atoms with Crippen LogP contribution in [0.5, 0.6) is 0 Å². The van der Waals surface area contributed by atoms with E-state index < -0.39 is 10.8 Å². The minimum atomic E-state index is -0.611. The molecule has 4 unspecified atom stereocenters. The average molecular weight is 201 g/mol. The number of nitrogens with one attached hydrogen (secondary N) is 1. The van der Waals surface area contributed by atoms with Gasteiger partial charge in [0.05, 0.1) is 0 Å². The number of hydrogen-bond acceptors (Lipinski definition) is 2. The van der Waals surface area contributed by atoms with Gasteiger partial charge in [-0.3, -0.25) is 4.21 Å². The maximum absolute atomic E-state index is 11.9. The van der Waals surface area contributed by atoms with Crippen molar-refractivity contribution in [1.82, 2.24) is 5.32 Å². The van der Waals surface area contributed by atoms with E-state index in [0.29, 0.717) is 16.5 Å². The Balaban J connectivity index is 2.00. The Morgan fingerprint density at radius 2 is 2.00 bits per heavy atom. The molecule has 76 valence electrons. The normalized spacial score (nSPS) is 47.2. The van der Waals surface area contributed by atoms with Crippen molar-refractivity contribution in [2.24, 2.45) is 5.92 Å². The first-order valence-electron chi connectivity index (χ1n) is 5.33. The monoisotopic (exact) mass is 201 g/mol. The van der Waals surface area contributed by atoms with Gasteiger partial charge in [-0.25, -0.2) is 0 Å². The molecule has 0 amide bonds. The molecule has 4 atom stereocenters. The van der Waals surface area contributed by atoms with Crippen LogP contribution >= 0.6 is 0 Å². The lowest BCUT2D eigenvalue weighted by Gasteiger charge is -2.42. The van der Waals surface area contributed by atoms with Gasteiger partial charge >= 0.3 is 0 Å². The van der Waals surface area contributed by atoms with Gasteiger partial charge in [0.2, 0.25) is 0 Å². The molecule has 0 aromatic carbocycles. The Morgan fingerprint density at radius 1 is 1.31 bits per heavy atom. The van der Waals surface area contributed by atoms with E-state index in [1.165, 1.54) is 19.3 Å². The van der Waals surface area contributed by atoms with Crippen molar-refractivity contribution in [2.75, 3.05) is 6.54 Å². The highest BCUT2D eigenvalue weighted by Gasteiger charge is 2.38. The molecule has 2 aliphatic rings. The summed E-state index contributed by atoms with van der Waals surface area (Å²) >= 11 is 0. The van der Waals surface area contributed by atoms with E-state index in [9.17, 15) is 4.21 Å². The molecule has 1 aliphatic heterocycles. The quantitative estimate of drug-likeness (QED) is 0.692. The lowest BCUT2D eigenvalue weighted by atomic mass is 9.78. The summed E-state index contributed by atoms with van der Waals surface area (Å²) in [5, 5.41) is 4.25. The van der Waals surface area contributed by atoms with Crippen LogP contribution in [-0.4, -0.2) is 27.3 Å². The molecular weight excluding hydrogens is 182 g/mol. The van der Waals surface area contributed by atoms with E-state index in [2.05, 4.69) is 19.2 Å². The number of rotatable bonds is 1. The first kappa shape index (κ1) is 9.66. The van der Waals surface area contributed by atoms with E-state index in [4.69, 9.17) is 0 Å². The van der Waals surface area contributed by atoms with Crippen LogP contribution in [-0.2, 0) is 10.8 Å². The van der Waals surface area contributed by atoms with Crippen molar-refractivity contribution in [3.05, 3.63) is 0 Å². The summed E-state index contributed by atoms with van der Waals surface area (Å²) in [4.78, 5) is 0. The van der Waals surface area contributed by atoms with E-state index in [-0.39, 0.29) is 0 Å². The molecule has 1 heterocycles. The fourth-order valence-electron chi connectivity index (χ4n) is 2.41. The van der Waals surface area contributed by atoms with E-state index >= 15 is 0 Å². The van der Waals surface area contributed by atoms with Crippen LogP contribution in [0.25, 0.3) is 0 Å². The third kappa shape index (κ3) is 1.68. The lowest BCUT2D eigenvalue weighted by Crippen LogP contribution is -2.56. The Morgan fingerprint density at radius 3 is 2.54 bits per heavy atom. The molecule has 2 nitrogen and oxygen atoms in total. The minimum Gasteiger partial charge on any atom is -0.311 e. The summed E-state index contributed by atoms with van der Waals surface area (Å²) in [5.74, 6) is 0.812. The predicted molar refractivity (Wildman–Crippen MR) is 56.2 cm³/mol. The van der Waals surface area contributed by atoms with Gasteiger partial charge in [0.15, 0.2) is 0 Å². The fourth-order valence-corrected chi connectivity index (χ4v) is 4.01. The molecule has 0 aromatic rings. The van der Waals surface area contributed by atoms with Crippen molar-refractivity contribution in [3.8, 4) is 0 Å². The first-order chi connectivity index (χ1) is 6.20. The largest absolute Gasteiger partial charge is 0.311 e. The van der Waals surface area contributed by atoms with Crippen LogP contribution in [0.4, 0.5) is 0 Å². The Kier molecular flexibility index (Phi) is 2.75. The Hall–Kier alpha value is 0.110. The molecule has 1 aliphatic carbocycles. The maximum atomic E-state index is 11.9. The van der Waals surface area contributed by atoms with Gasteiger partial charge in [0.25, 0.3) is 0 Å². The van der Waals surface area contributed by atoms with Crippen molar-refractivity contribution in [3.63, 3.8) is 0 Å². The lowest BCUT2D eigenvalue weighted by molar-refractivity contribution is 0.222. The topological polar surface area (TPSA) is 29.1 Å². The fraction of sp³-hybridized carbons (Fsp3) is 1.00. The van der Waals surface area contributed by atoms with Crippen molar-refractivity contribution in [2.45, 2.75) is 49.7 Å². The van der Waals surface area contributed by atoms with Gasteiger partial charge in [-0.2, -0.15) is 0 Å². The zero-order chi connectivity index (χ0) is 9.42. The van der Waals surface area contributed by atoms with Crippen LogP contribution in [0.3, 0.4) is 0 Å². The average Bonchev–Trinajstić information content (AvgIpc) is 2.03. The summed E-state index contributed by atoms with van der Waals surface area (Å²) in [5.41, 5.74) is 0. The zero-order valence-electron chi connectivity index (χ0n) is 8.45. The summed E-state index contributed by atoms with van der Waals surface area (Å²) in [6, 6.07) is 0.533. The van der Waals surface area contributed by atoms with Crippen LogP contribution < -0.4 is 5.32 Å². The molecule has 1 saturated heterocycles. The molecule has 0 aromatic heterocycles. The molecule has 0 bridgehead atoms. The third-order valence-corrected chi connectivity index (χ3v) is 5.55. The first-order valence-corrected chi connectivity index (χ1v) is 6.60. The molecule has 0 spiro atoms. The van der Waals surface area contributed by atoms with E-state index in [1.807, 2.05) is 0 Å². The zero-order valence-corrected chi connectivity index (χ0v) is 9.27.